The van der Waals surface area contributed by atoms with Gasteiger partial charge in [0.25, 0.3) is 5.91 Å². The van der Waals surface area contributed by atoms with Crippen molar-refractivity contribution in [1.29, 1.82) is 0 Å². The molecule has 2 aromatic carbocycles. The predicted octanol–water partition coefficient (Wildman–Crippen LogP) is 2.67. The van der Waals surface area contributed by atoms with Crippen LogP contribution in [-0.4, -0.2) is 38.7 Å². The number of rotatable bonds is 4. The van der Waals surface area contributed by atoms with Gasteiger partial charge in [-0.15, -0.1) is 0 Å². The van der Waals surface area contributed by atoms with Crippen LogP contribution in [0.4, 0.5) is 5.69 Å². The van der Waals surface area contributed by atoms with Gasteiger partial charge in [-0.1, -0.05) is 12.1 Å². The lowest BCUT2D eigenvalue weighted by molar-refractivity contribution is -0.141. The molecule has 1 amide bonds. The summed E-state index contributed by atoms with van der Waals surface area (Å²) in [5, 5.41) is 0. The van der Waals surface area contributed by atoms with Crippen molar-refractivity contribution < 1.29 is 23.8 Å². The molecule has 0 saturated carbocycles. The van der Waals surface area contributed by atoms with Gasteiger partial charge in [0.2, 0.25) is 0 Å². The molecule has 0 N–H and O–H groups in total. The van der Waals surface area contributed by atoms with Crippen molar-refractivity contribution in [2.75, 3.05) is 25.7 Å². The van der Waals surface area contributed by atoms with E-state index >= 15 is 0 Å². The second kappa shape index (κ2) is 7.25. The lowest BCUT2D eigenvalue weighted by Gasteiger charge is -2.36. The first kappa shape index (κ1) is 16.8. The number of carbonyl (C=O) groups is 2. The van der Waals surface area contributed by atoms with Crippen LogP contribution in [0, 0.1) is 0 Å². The van der Waals surface area contributed by atoms with E-state index in [0.717, 1.165) is 0 Å². The number of methoxy groups -OCH3 is 2. The maximum absolute atomic E-state index is 13.1. The molecule has 25 heavy (non-hydrogen) atoms. The number of carbonyl (C=O) groups excluding carboxylic acids is 2. The van der Waals surface area contributed by atoms with Crippen molar-refractivity contribution >= 4 is 17.6 Å². The van der Waals surface area contributed by atoms with Gasteiger partial charge in [0.15, 0.2) is 0 Å². The molecule has 0 bridgehead atoms. The summed E-state index contributed by atoms with van der Waals surface area (Å²) in [4.78, 5) is 26.5. The minimum Gasteiger partial charge on any atom is -0.497 e. The second-order valence-electron chi connectivity index (χ2n) is 5.62. The zero-order valence-corrected chi connectivity index (χ0v) is 14.1. The van der Waals surface area contributed by atoms with Crippen molar-refractivity contribution in [1.82, 2.24) is 0 Å². The molecule has 0 spiro atoms. The maximum atomic E-state index is 13.1. The number of benzene rings is 2. The number of amides is 1. The Labute approximate surface area is 145 Å². The number of para-hydroxylation sites is 2. The van der Waals surface area contributed by atoms with Crippen LogP contribution in [0.5, 0.6) is 11.5 Å². The van der Waals surface area contributed by atoms with Gasteiger partial charge in [-0.05, 0) is 36.4 Å². The first-order valence-electron chi connectivity index (χ1n) is 7.90. The molecular weight excluding hydrogens is 322 g/mol. The Balaban J connectivity index is 1.96. The average Bonchev–Trinajstić information content (AvgIpc) is 2.67. The summed E-state index contributed by atoms with van der Waals surface area (Å²) in [6.07, 6.45) is 0.0622. The van der Waals surface area contributed by atoms with Gasteiger partial charge in [-0.3, -0.25) is 14.5 Å². The standard InChI is InChI=1S/C19H19NO5/c1-23-15-9-7-13(8-10-15)19(22)20-14(11-18(21)24-2)12-25-17-6-4-3-5-16(17)20/h3-10,14H,11-12H2,1-2H3/t14-/m1/s1. The van der Waals surface area contributed by atoms with Crippen LogP contribution >= 0.6 is 0 Å². The molecule has 130 valence electrons. The molecule has 0 saturated heterocycles. The molecule has 1 aliphatic rings. The molecule has 0 aromatic heterocycles. The Morgan fingerprint density at radius 2 is 1.84 bits per heavy atom. The predicted molar refractivity (Wildman–Crippen MR) is 92.2 cm³/mol. The molecule has 1 atom stereocenters. The summed E-state index contributed by atoms with van der Waals surface area (Å²) < 4.78 is 15.6. The van der Waals surface area contributed by atoms with Crippen molar-refractivity contribution in [2.45, 2.75) is 12.5 Å². The van der Waals surface area contributed by atoms with E-state index < -0.39 is 6.04 Å². The first-order valence-corrected chi connectivity index (χ1v) is 7.90. The highest BCUT2D eigenvalue weighted by Crippen LogP contribution is 2.35. The van der Waals surface area contributed by atoms with Crippen molar-refractivity contribution in [2.24, 2.45) is 0 Å². The van der Waals surface area contributed by atoms with E-state index in [1.807, 2.05) is 12.1 Å². The summed E-state index contributed by atoms with van der Waals surface area (Å²) in [5.74, 6) is 0.698. The molecule has 1 heterocycles. The van der Waals surface area contributed by atoms with Gasteiger partial charge >= 0.3 is 5.97 Å². The van der Waals surface area contributed by atoms with Gasteiger partial charge in [0.1, 0.15) is 18.1 Å². The Bertz CT molecular complexity index is 772. The molecule has 1 aliphatic heterocycles. The van der Waals surface area contributed by atoms with Crippen LogP contribution in [0.15, 0.2) is 48.5 Å². The summed E-state index contributed by atoms with van der Waals surface area (Å²) in [6.45, 7) is 0.230. The number of hydrogen-bond donors (Lipinski definition) is 0. The fraction of sp³-hybridized carbons (Fsp3) is 0.263. The van der Waals surface area contributed by atoms with Crippen LogP contribution in [-0.2, 0) is 9.53 Å². The molecule has 6 nitrogen and oxygen atoms in total. The topological polar surface area (TPSA) is 65.1 Å². The number of fused-ring (bicyclic) bond motifs is 1. The Kier molecular flexibility index (Phi) is 4.88. The van der Waals surface area contributed by atoms with E-state index in [1.165, 1.54) is 7.11 Å². The zero-order valence-electron chi connectivity index (χ0n) is 14.1. The number of anilines is 1. The smallest absolute Gasteiger partial charge is 0.307 e. The third-order valence-corrected chi connectivity index (χ3v) is 4.11. The fourth-order valence-electron chi connectivity index (χ4n) is 2.81. The largest absolute Gasteiger partial charge is 0.497 e. The third kappa shape index (κ3) is 3.42. The van der Waals surface area contributed by atoms with E-state index in [9.17, 15) is 9.59 Å². The van der Waals surface area contributed by atoms with Gasteiger partial charge in [-0.25, -0.2) is 0 Å². The van der Waals surface area contributed by atoms with Crippen molar-refractivity contribution in [3.05, 3.63) is 54.1 Å². The Morgan fingerprint density at radius 3 is 2.52 bits per heavy atom. The second-order valence-corrected chi connectivity index (χ2v) is 5.62. The van der Waals surface area contributed by atoms with Gasteiger partial charge in [-0.2, -0.15) is 0 Å². The normalized spacial score (nSPS) is 15.8. The van der Waals surface area contributed by atoms with E-state index in [2.05, 4.69) is 0 Å². The minimum absolute atomic E-state index is 0.0622. The number of esters is 1. The summed E-state index contributed by atoms with van der Waals surface area (Å²) >= 11 is 0. The highest BCUT2D eigenvalue weighted by molar-refractivity contribution is 6.08. The average molecular weight is 341 g/mol. The lowest BCUT2D eigenvalue weighted by Crippen LogP contribution is -2.48. The Morgan fingerprint density at radius 1 is 1.12 bits per heavy atom. The van der Waals surface area contributed by atoms with E-state index in [-0.39, 0.29) is 24.9 Å². The summed E-state index contributed by atoms with van der Waals surface area (Å²) in [6, 6.07) is 13.7. The summed E-state index contributed by atoms with van der Waals surface area (Å²) in [5.41, 5.74) is 1.15. The molecule has 0 unspecified atom stereocenters. The zero-order chi connectivity index (χ0) is 17.8. The van der Waals surface area contributed by atoms with Gasteiger partial charge in [0.05, 0.1) is 32.4 Å². The van der Waals surface area contributed by atoms with Crippen LogP contribution in [0.2, 0.25) is 0 Å². The number of hydrogen-bond acceptors (Lipinski definition) is 5. The molecule has 3 rings (SSSR count). The quantitative estimate of drug-likeness (QED) is 0.800. The van der Waals surface area contributed by atoms with Crippen LogP contribution in [0.1, 0.15) is 16.8 Å². The van der Waals surface area contributed by atoms with Gasteiger partial charge in [0, 0.05) is 5.56 Å². The first-order chi connectivity index (χ1) is 12.1. The third-order valence-electron chi connectivity index (χ3n) is 4.11. The monoisotopic (exact) mass is 341 g/mol. The molecule has 0 radical (unpaired) electrons. The molecular formula is C19H19NO5. The molecule has 2 aromatic rings. The van der Waals surface area contributed by atoms with Crippen molar-refractivity contribution in [3.8, 4) is 11.5 Å². The van der Waals surface area contributed by atoms with E-state index in [4.69, 9.17) is 14.2 Å². The molecule has 0 fully saturated rings. The van der Waals surface area contributed by atoms with Gasteiger partial charge < -0.3 is 14.2 Å². The SMILES string of the molecule is COC(=O)C[C@@H]1COc2ccccc2N1C(=O)c1ccc(OC)cc1. The van der Waals surface area contributed by atoms with Crippen molar-refractivity contribution in [3.63, 3.8) is 0 Å². The van der Waals surface area contributed by atoms with Crippen LogP contribution < -0.4 is 14.4 Å². The Hall–Kier alpha value is -3.02. The number of ether oxygens (including phenoxy) is 3. The highest BCUT2D eigenvalue weighted by atomic mass is 16.5. The van der Waals surface area contributed by atoms with Crippen LogP contribution in [0.25, 0.3) is 0 Å². The minimum atomic E-state index is -0.433. The maximum Gasteiger partial charge on any atom is 0.307 e. The fourth-order valence-corrected chi connectivity index (χ4v) is 2.81. The highest BCUT2D eigenvalue weighted by Gasteiger charge is 2.34. The lowest BCUT2D eigenvalue weighted by atomic mass is 10.1. The number of nitrogens with zero attached hydrogens (tertiary/aromatic N) is 1. The van der Waals surface area contributed by atoms with Crippen LogP contribution in [0.3, 0.4) is 0 Å². The van der Waals surface area contributed by atoms with E-state index in [1.54, 1.807) is 48.4 Å². The molecule has 6 heteroatoms. The molecule has 0 aliphatic carbocycles. The van der Waals surface area contributed by atoms with E-state index in [0.29, 0.717) is 22.7 Å². The summed E-state index contributed by atoms with van der Waals surface area (Å²) in [7, 11) is 2.90.